The third kappa shape index (κ3) is 8.61. The molecule has 4 aliphatic heterocycles. The lowest BCUT2D eigenvalue weighted by atomic mass is 9.52. The molecule has 8 aliphatic rings. The largest absolute Gasteiger partial charge is 0.460 e. The Morgan fingerprint density at radius 2 is 1.71 bits per heavy atom. The Hall–Kier alpha value is -4.22. The number of rotatable bonds is 12. The molecule has 2 amide bonds. The number of hydrogen-bond donors (Lipinski definition) is 4. The highest BCUT2D eigenvalue weighted by Crippen LogP contribution is 2.61. The number of benzene rings is 2. The molecule has 10 rings (SSSR count). The molecular weight excluding hydrogens is 871 g/mol. The van der Waals surface area contributed by atoms with Crippen LogP contribution in [0.4, 0.5) is 0 Å². The van der Waals surface area contributed by atoms with E-state index in [0.29, 0.717) is 30.8 Å². The molecule has 2 bridgehead atoms. The van der Waals surface area contributed by atoms with E-state index in [0.717, 1.165) is 54.4 Å². The van der Waals surface area contributed by atoms with Crippen LogP contribution in [0.25, 0.3) is 6.08 Å². The summed E-state index contributed by atoms with van der Waals surface area (Å²) in [6.07, 6.45) is 4.03. The molecule has 15 heteroatoms. The standard InChI is InChI=1S/C53H69N3O12/c1-29(58)41(46(60)54-35(28-57)16-18-40(59)65-49(2,3)4)55-48(62)53-26-38-42-43(67-52(66-42)23-33-13-8-9-14-34(33)24-52)45(53)68-56(44(53)47(61)63-38)27-31-12-10-11-30(21-31)22-32-15-17-39-51(7,64-39)20-19-37-36(32)25-50(37,5)6/h8-14,21-22,29,35-39,41-45,57-58H,15-20,23-28H2,1-7H3,(H,54,60)(H,55,62). The molecule has 7 fully saturated rings. The lowest BCUT2D eigenvalue weighted by Crippen LogP contribution is -2.71. The van der Waals surface area contributed by atoms with Crippen LogP contribution in [0.3, 0.4) is 0 Å². The Balaban J connectivity index is 0.931. The molecule has 13 atom stereocenters. The molecule has 2 aromatic rings. The predicted molar refractivity (Wildman–Crippen MR) is 247 cm³/mol. The summed E-state index contributed by atoms with van der Waals surface area (Å²) in [6.45, 7) is 13.3. The van der Waals surface area contributed by atoms with Crippen LogP contribution in [0.15, 0.2) is 54.1 Å². The molecule has 0 aromatic heterocycles. The third-order valence-corrected chi connectivity index (χ3v) is 16.5. The second-order valence-electron chi connectivity index (χ2n) is 23.0. The molecular formula is C53H69N3O12. The van der Waals surface area contributed by atoms with Crippen LogP contribution in [0.5, 0.6) is 0 Å². The van der Waals surface area contributed by atoms with Crippen molar-refractivity contribution in [1.82, 2.24) is 15.7 Å². The highest BCUT2D eigenvalue weighted by Gasteiger charge is 2.76. The summed E-state index contributed by atoms with van der Waals surface area (Å²) >= 11 is 0. The van der Waals surface area contributed by atoms with Gasteiger partial charge in [0.2, 0.25) is 11.8 Å². The van der Waals surface area contributed by atoms with Gasteiger partial charge in [-0.1, -0.05) is 74.0 Å². The van der Waals surface area contributed by atoms with Crippen molar-refractivity contribution in [2.75, 3.05) is 6.61 Å². The predicted octanol–water partition coefficient (Wildman–Crippen LogP) is 5.01. The number of epoxide rings is 1. The van der Waals surface area contributed by atoms with Gasteiger partial charge < -0.3 is 44.5 Å². The normalized spacial score (nSPS) is 35.7. The number of nitrogens with one attached hydrogen (secondary N) is 2. The quantitative estimate of drug-likeness (QED) is 0.164. The van der Waals surface area contributed by atoms with Crippen LogP contribution < -0.4 is 10.6 Å². The van der Waals surface area contributed by atoms with Gasteiger partial charge in [0, 0.05) is 25.7 Å². The topological polar surface area (TPSA) is 195 Å². The molecule has 3 saturated carbocycles. The van der Waals surface area contributed by atoms with E-state index in [1.165, 1.54) is 12.5 Å². The van der Waals surface area contributed by atoms with Crippen molar-refractivity contribution in [2.45, 2.75) is 191 Å². The van der Waals surface area contributed by atoms with Gasteiger partial charge in [0.15, 0.2) is 11.8 Å². The molecule has 4 N–H and O–H groups in total. The number of hydroxylamine groups is 2. The number of allylic oxidation sites excluding steroid dienone is 1. The first-order valence-electron chi connectivity index (χ1n) is 24.9. The Morgan fingerprint density at radius 1 is 0.971 bits per heavy atom. The highest BCUT2D eigenvalue weighted by molar-refractivity contribution is 5.96. The van der Waals surface area contributed by atoms with Gasteiger partial charge in [-0.3, -0.25) is 24.0 Å². The van der Waals surface area contributed by atoms with Crippen LogP contribution in [0.1, 0.15) is 122 Å². The summed E-state index contributed by atoms with van der Waals surface area (Å²) in [5, 5.41) is 28.3. The van der Waals surface area contributed by atoms with E-state index in [1.54, 1.807) is 25.8 Å². The summed E-state index contributed by atoms with van der Waals surface area (Å²) in [5.74, 6) is -2.57. The lowest BCUT2D eigenvalue weighted by molar-refractivity contribution is -0.217. The van der Waals surface area contributed by atoms with Crippen molar-refractivity contribution in [3.63, 3.8) is 0 Å². The maximum absolute atomic E-state index is 15.3. The molecule has 2 aromatic carbocycles. The number of amides is 2. The Bertz CT molecular complexity index is 2340. The van der Waals surface area contributed by atoms with Gasteiger partial charge in [0.05, 0.1) is 37.0 Å². The number of esters is 2. The first-order valence-corrected chi connectivity index (χ1v) is 24.9. The van der Waals surface area contributed by atoms with E-state index in [4.69, 9.17) is 28.5 Å². The van der Waals surface area contributed by atoms with Gasteiger partial charge >= 0.3 is 11.9 Å². The first-order chi connectivity index (χ1) is 32.2. The molecule has 13 unspecified atom stereocenters. The molecule has 68 heavy (non-hydrogen) atoms. The summed E-state index contributed by atoms with van der Waals surface area (Å²) in [5.41, 5.74) is 3.45. The minimum absolute atomic E-state index is 0.0114. The van der Waals surface area contributed by atoms with Crippen molar-refractivity contribution in [2.24, 2.45) is 22.7 Å². The van der Waals surface area contributed by atoms with Gasteiger partial charge in [-0.05, 0) is 113 Å². The van der Waals surface area contributed by atoms with Crippen LogP contribution in [-0.2, 0) is 67.1 Å². The zero-order valence-corrected chi connectivity index (χ0v) is 40.5. The Morgan fingerprint density at radius 3 is 2.40 bits per heavy atom. The summed E-state index contributed by atoms with van der Waals surface area (Å²) in [4.78, 5) is 63.2. The summed E-state index contributed by atoms with van der Waals surface area (Å²) < 4.78 is 31.6. The number of carbonyl (C=O) groups excluding carboxylic acids is 4. The smallest absolute Gasteiger partial charge is 0.327 e. The van der Waals surface area contributed by atoms with E-state index in [9.17, 15) is 24.6 Å². The molecule has 15 nitrogen and oxygen atoms in total. The average Bonchev–Trinajstić information content (AvgIpc) is 3.54. The monoisotopic (exact) mass is 939 g/mol. The van der Waals surface area contributed by atoms with Crippen molar-refractivity contribution in [3.05, 3.63) is 76.4 Å². The van der Waals surface area contributed by atoms with E-state index in [2.05, 4.69) is 49.6 Å². The molecule has 368 valence electrons. The van der Waals surface area contributed by atoms with Crippen LogP contribution in [0.2, 0.25) is 0 Å². The van der Waals surface area contributed by atoms with E-state index >= 15 is 4.79 Å². The number of nitrogens with zero attached hydrogens (tertiary/aromatic N) is 1. The van der Waals surface area contributed by atoms with Gasteiger partial charge in [-0.15, -0.1) is 0 Å². The zero-order chi connectivity index (χ0) is 48.1. The van der Waals surface area contributed by atoms with Gasteiger partial charge in [-0.2, -0.15) is 5.06 Å². The molecule has 1 spiro atoms. The summed E-state index contributed by atoms with van der Waals surface area (Å²) in [7, 11) is 0. The average molecular weight is 940 g/mol. The highest BCUT2D eigenvalue weighted by atomic mass is 16.8. The van der Waals surface area contributed by atoms with Crippen molar-refractivity contribution >= 4 is 29.8 Å². The molecule has 4 aliphatic carbocycles. The fourth-order valence-corrected chi connectivity index (χ4v) is 13.0. The SMILES string of the molecule is CC(O)C(NC(=O)C12CC3OC(=O)C1N(Cc1cccc(C=C4CCC5OC5(C)CCC5C4CC5(C)C)c1)OC2C1OC2(Cc4ccccc4C2)OC31)C(=O)NC(CO)CCC(=O)OC(C)(C)C. The fraction of sp³-hybridized carbons (Fsp3) is 0.660. The van der Waals surface area contributed by atoms with E-state index in [-0.39, 0.29) is 36.8 Å². The molecule has 0 radical (unpaired) electrons. The number of carbonyl (C=O) groups is 4. The van der Waals surface area contributed by atoms with Gasteiger partial charge in [0.25, 0.3) is 0 Å². The maximum Gasteiger partial charge on any atom is 0.327 e. The number of aliphatic hydroxyl groups is 2. The fourth-order valence-electron chi connectivity index (χ4n) is 13.0. The lowest BCUT2D eigenvalue weighted by Gasteiger charge is -2.53. The molecule has 4 heterocycles. The third-order valence-electron chi connectivity index (χ3n) is 16.5. The van der Waals surface area contributed by atoms with Crippen molar-refractivity contribution in [3.8, 4) is 0 Å². The number of fused-ring (bicyclic) bond motifs is 7. The first kappa shape index (κ1) is 47.5. The Labute approximate surface area is 398 Å². The second-order valence-corrected chi connectivity index (χ2v) is 23.0. The van der Waals surface area contributed by atoms with E-state index in [1.807, 2.05) is 36.4 Å². The number of hydrogen-bond acceptors (Lipinski definition) is 13. The minimum Gasteiger partial charge on any atom is -0.460 e. The maximum atomic E-state index is 15.3. The van der Waals surface area contributed by atoms with Crippen LogP contribution in [-0.4, -0.2) is 117 Å². The van der Waals surface area contributed by atoms with Crippen molar-refractivity contribution in [1.29, 1.82) is 0 Å². The van der Waals surface area contributed by atoms with Crippen LogP contribution in [0, 0.1) is 22.7 Å². The zero-order valence-electron chi connectivity index (χ0n) is 40.5. The second kappa shape index (κ2) is 17.3. The van der Waals surface area contributed by atoms with Crippen LogP contribution >= 0.6 is 0 Å². The van der Waals surface area contributed by atoms with Gasteiger partial charge in [-0.25, -0.2) is 0 Å². The minimum atomic E-state index is -1.63. The number of aliphatic hydroxyl groups excluding tert-OH is 2. The van der Waals surface area contributed by atoms with Crippen molar-refractivity contribution < 1.29 is 57.9 Å². The Kier molecular flexibility index (Phi) is 12.1. The van der Waals surface area contributed by atoms with Gasteiger partial charge in [0.1, 0.15) is 41.5 Å². The summed E-state index contributed by atoms with van der Waals surface area (Å²) in [6, 6.07) is 12.6. The van der Waals surface area contributed by atoms with E-state index < -0.39 is 95.8 Å². The molecule has 4 saturated heterocycles. The number of ether oxygens (including phenoxy) is 5.